The standard InChI is InChI=1S/C22H25N3O3S2/c1-28-21(27)19-15-5-2-3-7-17(15)30-20(19)23-22(29)24-10-13-9-14(12-24)16-6-4-8-18(26)25(16)11-13/h4,6,8,13-14H,2-3,5,7,9-12H2,1H3,(H,23,29)/t13-,14+/m1/s1. The van der Waals surface area contributed by atoms with Gasteiger partial charge >= 0.3 is 5.97 Å². The first-order chi connectivity index (χ1) is 14.5. The summed E-state index contributed by atoms with van der Waals surface area (Å²) in [5.74, 6) is 0.402. The van der Waals surface area contributed by atoms with Gasteiger partial charge in [-0.25, -0.2) is 4.79 Å². The van der Waals surface area contributed by atoms with Crippen LogP contribution in [-0.2, 0) is 24.1 Å². The highest BCUT2D eigenvalue weighted by molar-refractivity contribution is 7.80. The summed E-state index contributed by atoms with van der Waals surface area (Å²) in [5.41, 5.74) is 2.98. The molecule has 0 saturated carbocycles. The number of thiocarbonyl (C=S) groups is 1. The first-order valence-corrected chi connectivity index (χ1v) is 11.8. The van der Waals surface area contributed by atoms with Crippen molar-refractivity contribution in [3.05, 3.63) is 50.3 Å². The molecule has 158 valence electrons. The summed E-state index contributed by atoms with van der Waals surface area (Å²) in [4.78, 5) is 28.2. The van der Waals surface area contributed by atoms with Gasteiger partial charge in [-0.05, 0) is 61.9 Å². The predicted octanol–water partition coefficient (Wildman–Crippen LogP) is 3.39. The SMILES string of the molecule is COC(=O)c1c(NC(=S)N2C[C@H]3C[C@@H](C2)c2cccc(=O)n2C3)sc2c1CCCC2. The topological polar surface area (TPSA) is 63.6 Å². The molecule has 6 nitrogen and oxygen atoms in total. The maximum absolute atomic E-state index is 12.5. The minimum absolute atomic E-state index is 0.0863. The van der Waals surface area contributed by atoms with E-state index in [9.17, 15) is 9.59 Å². The van der Waals surface area contributed by atoms with Gasteiger partial charge < -0.3 is 19.5 Å². The molecule has 1 N–H and O–H groups in total. The van der Waals surface area contributed by atoms with Gasteiger partial charge in [0.25, 0.3) is 5.56 Å². The van der Waals surface area contributed by atoms with Crippen LogP contribution in [-0.4, -0.2) is 40.7 Å². The quantitative estimate of drug-likeness (QED) is 0.567. The molecule has 0 unspecified atom stereocenters. The van der Waals surface area contributed by atoms with Crippen LogP contribution in [0.15, 0.2) is 23.0 Å². The second-order valence-corrected chi connectivity index (χ2v) is 9.93. The number of hydrogen-bond donors (Lipinski definition) is 1. The third-order valence-electron chi connectivity index (χ3n) is 6.55. The Labute approximate surface area is 184 Å². The van der Waals surface area contributed by atoms with Crippen LogP contribution in [0.25, 0.3) is 0 Å². The Bertz CT molecular complexity index is 1070. The van der Waals surface area contributed by atoms with E-state index in [0.717, 1.165) is 68.0 Å². The normalized spacial score (nSPS) is 22.1. The number of thiophene rings is 1. The molecule has 5 rings (SSSR count). The summed E-state index contributed by atoms with van der Waals surface area (Å²) < 4.78 is 7.00. The van der Waals surface area contributed by atoms with Gasteiger partial charge in [0.05, 0.1) is 12.7 Å². The highest BCUT2D eigenvalue weighted by Crippen LogP contribution is 2.39. The van der Waals surface area contributed by atoms with E-state index in [-0.39, 0.29) is 11.5 Å². The Kier molecular flexibility index (Phi) is 5.14. The Morgan fingerprint density at radius 3 is 2.90 bits per heavy atom. The minimum atomic E-state index is -0.288. The van der Waals surface area contributed by atoms with Gasteiger partial charge in [0, 0.05) is 42.2 Å². The van der Waals surface area contributed by atoms with Gasteiger partial charge in [0.1, 0.15) is 5.00 Å². The van der Waals surface area contributed by atoms with Crippen molar-refractivity contribution in [2.75, 3.05) is 25.5 Å². The first kappa shape index (κ1) is 19.8. The number of anilines is 1. The zero-order chi connectivity index (χ0) is 20.8. The number of methoxy groups -OCH3 is 1. The predicted molar refractivity (Wildman–Crippen MR) is 122 cm³/mol. The van der Waals surface area contributed by atoms with E-state index in [1.807, 2.05) is 10.6 Å². The molecule has 0 aromatic carbocycles. The lowest BCUT2D eigenvalue weighted by Gasteiger charge is -2.43. The van der Waals surface area contributed by atoms with Crippen LogP contribution in [0.5, 0.6) is 0 Å². The van der Waals surface area contributed by atoms with Gasteiger partial charge in [-0.1, -0.05) is 6.07 Å². The van der Waals surface area contributed by atoms with Gasteiger partial charge in [-0.3, -0.25) is 4.79 Å². The Morgan fingerprint density at radius 2 is 2.07 bits per heavy atom. The molecule has 3 aliphatic rings. The third kappa shape index (κ3) is 3.36. The number of rotatable bonds is 2. The van der Waals surface area contributed by atoms with E-state index in [2.05, 4.69) is 16.3 Å². The van der Waals surface area contributed by atoms with Crippen molar-refractivity contribution in [3.8, 4) is 0 Å². The van der Waals surface area contributed by atoms with E-state index in [4.69, 9.17) is 17.0 Å². The van der Waals surface area contributed by atoms with Crippen molar-refractivity contribution in [1.29, 1.82) is 0 Å². The molecular weight excluding hydrogens is 418 g/mol. The number of esters is 1. The number of carbonyl (C=O) groups excluding carboxylic acids is 1. The molecule has 4 heterocycles. The lowest BCUT2D eigenvalue weighted by Crippen LogP contribution is -2.50. The van der Waals surface area contributed by atoms with E-state index in [1.165, 1.54) is 12.0 Å². The molecule has 2 aliphatic heterocycles. The van der Waals surface area contributed by atoms with E-state index < -0.39 is 0 Å². The number of likely N-dealkylation sites (tertiary alicyclic amines) is 1. The Hall–Kier alpha value is -2.19. The van der Waals surface area contributed by atoms with Crippen LogP contribution >= 0.6 is 23.6 Å². The molecule has 30 heavy (non-hydrogen) atoms. The number of carbonyl (C=O) groups is 1. The number of aromatic nitrogens is 1. The van der Waals surface area contributed by atoms with Crippen molar-refractivity contribution in [3.63, 3.8) is 0 Å². The summed E-state index contributed by atoms with van der Waals surface area (Å²) in [6.45, 7) is 2.34. The maximum atomic E-state index is 12.5. The van der Waals surface area contributed by atoms with E-state index >= 15 is 0 Å². The Balaban J connectivity index is 1.39. The molecule has 0 spiro atoms. The highest BCUT2D eigenvalue weighted by atomic mass is 32.1. The molecule has 8 heteroatoms. The van der Waals surface area contributed by atoms with Crippen molar-refractivity contribution in [1.82, 2.24) is 9.47 Å². The Morgan fingerprint density at radius 1 is 1.23 bits per heavy atom. The monoisotopic (exact) mass is 443 g/mol. The molecule has 1 saturated heterocycles. The number of fused-ring (bicyclic) bond motifs is 5. The van der Waals surface area contributed by atoms with Crippen LogP contribution in [0.1, 0.15) is 51.7 Å². The fraction of sp³-hybridized carbons (Fsp3) is 0.500. The van der Waals surface area contributed by atoms with Crippen LogP contribution < -0.4 is 10.9 Å². The van der Waals surface area contributed by atoms with Crippen LogP contribution in [0.3, 0.4) is 0 Å². The summed E-state index contributed by atoms with van der Waals surface area (Å²) in [6, 6.07) is 5.55. The largest absolute Gasteiger partial charge is 0.465 e. The average molecular weight is 444 g/mol. The van der Waals surface area contributed by atoms with Crippen molar-refractivity contribution >= 4 is 39.6 Å². The third-order valence-corrected chi connectivity index (χ3v) is 8.12. The summed E-state index contributed by atoms with van der Waals surface area (Å²) in [7, 11) is 1.43. The lowest BCUT2D eigenvalue weighted by molar-refractivity contribution is 0.0601. The molecule has 0 radical (unpaired) electrons. The summed E-state index contributed by atoms with van der Waals surface area (Å²) in [5, 5.41) is 4.85. The van der Waals surface area contributed by atoms with E-state index in [1.54, 1.807) is 17.4 Å². The zero-order valence-electron chi connectivity index (χ0n) is 17.0. The van der Waals surface area contributed by atoms with Gasteiger partial charge in [0.2, 0.25) is 0 Å². The fourth-order valence-electron chi connectivity index (χ4n) is 5.21. The minimum Gasteiger partial charge on any atom is -0.465 e. The summed E-state index contributed by atoms with van der Waals surface area (Å²) in [6.07, 6.45) is 5.28. The van der Waals surface area contributed by atoms with Crippen molar-refractivity contribution in [2.24, 2.45) is 5.92 Å². The molecule has 2 bridgehead atoms. The van der Waals surface area contributed by atoms with Gasteiger partial charge in [-0.2, -0.15) is 0 Å². The molecule has 2 aromatic rings. The number of aryl methyl sites for hydroxylation is 1. The van der Waals surface area contributed by atoms with Crippen LogP contribution in [0, 0.1) is 5.92 Å². The molecular formula is C22H25N3O3S2. The lowest BCUT2D eigenvalue weighted by atomic mass is 9.83. The maximum Gasteiger partial charge on any atom is 0.341 e. The smallest absolute Gasteiger partial charge is 0.341 e. The molecule has 2 atom stereocenters. The highest BCUT2D eigenvalue weighted by Gasteiger charge is 2.36. The zero-order valence-corrected chi connectivity index (χ0v) is 18.6. The van der Waals surface area contributed by atoms with Crippen LogP contribution in [0.2, 0.25) is 0 Å². The van der Waals surface area contributed by atoms with E-state index in [0.29, 0.717) is 22.5 Å². The number of pyridine rings is 1. The molecule has 2 aromatic heterocycles. The second-order valence-electron chi connectivity index (χ2n) is 8.44. The van der Waals surface area contributed by atoms with Gasteiger partial charge in [0.15, 0.2) is 5.11 Å². The first-order valence-electron chi connectivity index (χ1n) is 10.5. The molecule has 1 aliphatic carbocycles. The van der Waals surface area contributed by atoms with Gasteiger partial charge in [-0.15, -0.1) is 11.3 Å². The number of nitrogens with zero attached hydrogens (tertiary/aromatic N) is 2. The average Bonchev–Trinajstić information content (AvgIpc) is 3.11. The molecule has 1 fully saturated rings. The molecule has 0 amide bonds. The summed E-state index contributed by atoms with van der Waals surface area (Å²) >= 11 is 7.42. The number of nitrogens with one attached hydrogen (secondary N) is 1. The fourth-order valence-corrected chi connectivity index (χ4v) is 6.80. The van der Waals surface area contributed by atoms with Crippen molar-refractivity contribution < 1.29 is 9.53 Å². The van der Waals surface area contributed by atoms with Crippen molar-refractivity contribution in [2.45, 2.75) is 44.6 Å². The number of ether oxygens (including phenoxy) is 1. The second kappa shape index (κ2) is 7.81. The number of piperidine rings is 1. The van der Waals surface area contributed by atoms with Crippen LogP contribution in [0.4, 0.5) is 5.00 Å². The number of hydrogen-bond acceptors (Lipinski definition) is 5.